The van der Waals surface area contributed by atoms with Gasteiger partial charge in [0.05, 0.1) is 17.8 Å². The molecule has 0 aromatic heterocycles. The zero-order valence-electron chi connectivity index (χ0n) is 12.4. The van der Waals surface area contributed by atoms with Crippen molar-refractivity contribution in [1.82, 2.24) is 10.2 Å². The van der Waals surface area contributed by atoms with Crippen LogP contribution < -0.4 is 10.1 Å². The Kier molecular flexibility index (Phi) is 6.93. The summed E-state index contributed by atoms with van der Waals surface area (Å²) < 4.78 is 29.8. The van der Waals surface area contributed by atoms with Crippen molar-refractivity contribution >= 4 is 22.2 Å². The lowest BCUT2D eigenvalue weighted by molar-refractivity contribution is 0.184. The monoisotopic (exact) mass is 334 g/mol. The van der Waals surface area contributed by atoms with Gasteiger partial charge in [-0.15, -0.1) is 12.4 Å². The maximum atomic E-state index is 12.4. The maximum Gasteiger partial charge on any atom is 0.179 e. The summed E-state index contributed by atoms with van der Waals surface area (Å²) in [6, 6.07) is 7.04. The molecule has 1 N–H and O–H groups in total. The number of hydrogen-bond acceptors (Lipinski definition) is 5. The first-order valence-electron chi connectivity index (χ1n) is 6.84. The van der Waals surface area contributed by atoms with Gasteiger partial charge in [0.1, 0.15) is 5.75 Å². The van der Waals surface area contributed by atoms with Crippen LogP contribution in [0.1, 0.15) is 6.92 Å². The fraction of sp³-hybridized carbons (Fsp3) is 0.571. The van der Waals surface area contributed by atoms with E-state index in [1.165, 1.54) is 7.11 Å². The molecule has 0 aliphatic carbocycles. The second kappa shape index (κ2) is 7.98. The minimum atomic E-state index is -3.26. The van der Waals surface area contributed by atoms with Crippen molar-refractivity contribution in [3.05, 3.63) is 24.3 Å². The number of benzene rings is 1. The van der Waals surface area contributed by atoms with E-state index >= 15 is 0 Å². The first kappa shape index (κ1) is 18.2. The molecule has 7 heteroatoms. The Morgan fingerprint density at radius 3 is 2.86 bits per heavy atom. The summed E-state index contributed by atoms with van der Waals surface area (Å²) in [6.45, 7) is 5.42. The Labute approximate surface area is 133 Å². The number of sulfone groups is 1. The van der Waals surface area contributed by atoms with Gasteiger partial charge in [-0.05, 0) is 25.1 Å². The van der Waals surface area contributed by atoms with Crippen LogP contribution in [0.2, 0.25) is 0 Å². The van der Waals surface area contributed by atoms with Gasteiger partial charge in [0.2, 0.25) is 0 Å². The summed E-state index contributed by atoms with van der Waals surface area (Å²) >= 11 is 0. The van der Waals surface area contributed by atoms with Crippen LogP contribution >= 0.6 is 12.4 Å². The second-order valence-corrected chi connectivity index (χ2v) is 7.20. The molecular formula is C14H23ClN2O3S. The second-order valence-electron chi connectivity index (χ2n) is 5.09. The van der Waals surface area contributed by atoms with E-state index in [2.05, 4.69) is 17.1 Å². The Bertz CT molecular complexity index is 551. The van der Waals surface area contributed by atoms with Gasteiger partial charge in [-0.2, -0.15) is 0 Å². The van der Waals surface area contributed by atoms with E-state index in [0.29, 0.717) is 23.2 Å². The van der Waals surface area contributed by atoms with Crippen LogP contribution in [0.25, 0.3) is 0 Å². The molecule has 1 aliphatic rings. The highest BCUT2D eigenvalue weighted by atomic mass is 35.5. The van der Waals surface area contributed by atoms with E-state index in [1.54, 1.807) is 24.3 Å². The smallest absolute Gasteiger partial charge is 0.179 e. The largest absolute Gasteiger partial charge is 0.497 e. The highest BCUT2D eigenvalue weighted by Gasteiger charge is 2.21. The Morgan fingerprint density at radius 1 is 1.43 bits per heavy atom. The summed E-state index contributed by atoms with van der Waals surface area (Å²) in [6.07, 6.45) is 0. The molecule has 1 fully saturated rings. The topological polar surface area (TPSA) is 58.6 Å². The van der Waals surface area contributed by atoms with Gasteiger partial charge in [0.15, 0.2) is 9.84 Å². The van der Waals surface area contributed by atoms with Gasteiger partial charge < -0.3 is 10.1 Å². The summed E-state index contributed by atoms with van der Waals surface area (Å²) in [5, 5.41) is 3.30. The fourth-order valence-corrected chi connectivity index (χ4v) is 3.66. The standard InChI is InChI=1S/C14H22N2O3S.ClH/c1-12-11-15-6-7-16(12)8-9-20(17,18)14-5-3-4-13(10-14)19-2;/h3-5,10,12,15H,6-9,11H2,1-2H3;1H/t12-;/m0./s1. The van der Waals surface area contributed by atoms with Crippen molar-refractivity contribution in [2.75, 3.05) is 39.0 Å². The van der Waals surface area contributed by atoms with Crippen LogP contribution in [0.4, 0.5) is 0 Å². The lowest BCUT2D eigenvalue weighted by Crippen LogP contribution is -2.50. The molecule has 1 saturated heterocycles. The summed E-state index contributed by atoms with van der Waals surface area (Å²) in [5.74, 6) is 0.714. The summed E-state index contributed by atoms with van der Waals surface area (Å²) in [5.41, 5.74) is 0. The van der Waals surface area contributed by atoms with Gasteiger partial charge in [-0.1, -0.05) is 6.07 Å². The molecule has 0 spiro atoms. The number of nitrogens with zero attached hydrogens (tertiary/aromatic N) is 1. The fourth-order valence-electron chi connectivity index (χ4n) is 2.37. The average Bonchev–Trinajstić information content (AvgIpc) is 2.46. The predicted octanol–water partition coefficient (Wildman–Crippen LogP) is 1.18. The van der Waals surface area contributed by atoms with Crippen molar-refractivity contribution in [2.24, 2.45) is 0 Å². The Balaban J connectivity index is 0.00000220. The Morgan fingerprint density at radius 2 is 2.19 bits per heavy atom. The predicted molar refractivity (Wildman–Crippen MR) is 86.2 cm³/mol. The first-order valence-corrected chi connectivity index (χ1v) is 8.50. The van der Waals surface area contributed by atoms with Crippen LogP contribution in [0.5, 0.6) is 5.75 Å². The van der Waals surface area contributed by atoms with E-state index in [1.807, 2.05) is 0 Å². The maximum absolute atomic E-state index is 12.4. The van der Waals surface area contributed by atoms with Gasteiger partial charge >= 0.3 is 0 Å². The molecule has 0 amide bonds. The average molecular weight is 335 g/mol. The van der Waals surface area contributed by atoms with Crippen LogP contribution in [0.15, 0.2) is 29.2 Å². The molecule has 0 radical (unpaired) electrons. The molecule has 1 aromatic carbocycles. The van der Waals surface area contributed by atoms with Crippen LogP contribution in [-0.2, 0) is 9.84 Å². The molecule has 0 unspecified atom stereocenters. The number of ether oxygens (including phenoxy) is 1. The van der Waals surface area contributed by atoms with Crippen LogP contribution in [0.3, 0.4) is 0 Å². The third kappa shape index (κ3) is 4.85. The molecule has 1 heterocycles. The zero-order valence-corrected chi connectivity index (χ0v) is 14.0. The van der Waals surface area contributed by atoms with E-state index in [0.717, 1.165) is 19.6 Å². The number of hydrogen-bond donors (Lipinski definition) is 1. The number of halogens is 1. The van der Waals surface area contributed by atoms with Crippen molar-refractivity contribution in [3.63, 3.8) is 0 Å². The molecule has 5 nitrogen and oxygen atoms in total. The highest BCUT2D eigenvalue weighted by molar-refractivity contribution is 7.91. The van der Waals surface area contributed by atoms with Gasteiger partial charge in [-0.3, -0.25) is 4.90 Å². The highest BCUT2D eigenvalue weighted by Crippen LogP contribution is 2.18. The van der Waals surface area contributed by atoms with Crippen LogP contribution in [-0.4, -0.2) is 58.4 Å². The lowest BCUT2D eigenvalue weighted by atomic mass is 10.2. The van der Waals surface area contributed by atoms with Crippen LogP contribution in [0, 0.1) is 0 Å². The third-order valence-corrected chi connectivity index (χ3v) is 5.38. The van der Waals surface area contributed by atoms with Gasteiger partial charge in [0, 0.05) is 32.2 Å². The zero-order chi connectivity index (χ0) is 14.6. The molecule has 120 valence electrons. The SMILES string of the molecule is COc1cccc(S(=O)(=O)CCN2CCNC[C@@H]2C)c1.Cl. The van der Waals surface area contributed by atoms with E-state index in [9.17, 15) is 8.42 Å². The van der Waals surface area contributed by atoms with E-state index < -0.39 is 9.84 Å². The molecule has 0 bridgehead atoms. The number of methoxy groups -OCH3 is 1. The molecule has 2 rings (SSSR count). The summed E-state index contributed by atoms with van der Waals surface area (Å²) in [4.78, 5) is 2.55. The molecule has 1 aromatic rings. The quantitative estimate of drug-likeness (QED) is 0.876. The minimum Gasteiger partial charge on any atom is -0.497 e. The minimum absolute atomic E-state index is 0. The van der Waals surface area contributed by atoms with E-state index in [-0.39, 0.29) is 18.2 Å². The molecular weight excluding hydrogens is 312 g/mol. The van der Waals surface area contributed by atoms with Gasteiger partial charge in [0.25, 0.3) is 0 Å². The Hall–Kier alpha value is -0.820. The van der Waals surface area contributed by atoms with E-state index in [4.69, 9.17) is 4.74 Å². The van der Waals surface area contributed by atoms with Crippen molar-refractivity contribution in [3.8, 4) is 5.75 Å². The number of piperazine rings is 1. The first-order chi connectivity index (χ1) is 9.53. The number of nitrogens with one attached hydrogen (secondary N) is 1. The van der Waals surface area contributed by atoms with Crippen molar-refractivity contribution in [2.45, 2.75) is 17.9 Å². The summed E-state index contributed by atoms with van der Waals surface area (Å²) in [7, 11) is -1.72. The van der Waals surface area contributed by atoms with Crippen molar-refractivity contribution < 1.29 is 13.2 Å². The normalized spacial score (nSPS) is 19.8. The van der Waals surface area contributed by atoms with Gasteiger partial charge in [-0.25, -0.2) is 8.42 Å². The lowest BCUT2D eigenvalue weighted by Gasteiger charge is -2.33. The third-order valence-electron chi connectivity index (χ3n) is 3.69. The van der Waals surface area contributed by atoms with Crippen molar-refractivity contribution in [1.29, 1.82) is 0 Å². The number of rotatable bonds is 5. The molecule has 1 aliphatic heterocycles. The molecule has 0 saturated carbocycles. The molecule has 1 atom stereocenters. The molecule has 21 heavy (non-hydrogen) atoms.